The Balaban J connectivity index is 1.91. The number of benzene rings is 1. The van der Waals surface area contributed by atoms with Gasteiger partial charge in [0.2, 0.25) is 9.05 Å². The first-order valence-corrected chi connectivity index (χ1v) is 9.69. The van der Waals surface area contributed by atoms with Gasteiger partial charge < -0.3 is 9.64 Å². The third-order valence-corrected chi connectivity index (χ3v) is 4.89. The van der Waals surface area contributed by atoms with Crippen LogP contribution in [-0.2, 0) is 20.4 Å². The van der Waals surface area contributed by atoms with Crippen LogP contribution in [0.25, 0.3) is 0 Å². The molecule has 0 spiro atoms. The molecule has 1 aromatic rings. The van der Waals surface area contributed by atoms with E-state index < -0.39 is 15.1 Å². The van der Waals surface area contributed by atoms with Gasteiger partial charge in [-0.25, -0.2) is 13.2 Å². The number of piperidine rings is 1. The van der Waals surface area contributed by atoms with Gasteiger partial charge in [-0.3, -0.25) is 0 Å². The smallest absolute Gasteiger partial charge is 0.410 e. The molecule has 22 heavy (non-hydrogen) atoms. The molecule has 1 aliphatic rings. The standard InChI is InChI=1S/C15H20ClNO4S/c1-12-7-14(11-22(16,19)20)9-17(8-12)15(18)21-10-13-5-3-2-4-6-13/h2-6,12,14H,7-11H2,1H3. The molecule has 5 nitrogen and oxygen atoms in total. The van der Waals surface area contributed by atoms with E-state index >= 15 is 0 Å². The van der Waals surface area contributed by atoms with E-state index in [-0.39, 0.29) is 24.2 Å². The minimum atomic E-state index is -3.56. The molecule has 0 aliphatic carbocycles. The van der Waals surface area contributed by atoms with Gasteiger partial charge in [-0.05, 0) is 23.8 Å². The molecule has 2 atom stereocenters. The lowest BCUT2D eigenvalue weighted by molar-refractivity contribution is 0.0701. The first-order valence-electron chi connectivity index (χ1n) is 7.21. The Kier molecular flexibility index (Phi) is 5.69. The van der Waals surface area contributed by atoms with E-state index in [0.29, 0.717) is 13.1 Å². The van der Waals surface area contributed by atoms with Gasteiger partial charge in [-0.2, -0.15) is 0 Å². The molecule has 1 amide bonds. The molecule has 0 bridgehead atoms. The molecule has 0 radical (unpaired) electrons. The summed E-state index contributed by atoms with van der Waals surface area (Å²) in [6.07, 6.45) is 0.335. The van der Waals surface area contributed by atoms with Gasteiger partial charge in [0.25, 0.3) is 0 Å². The molecule has 1 aromatic carbocycles. The normalized spacial score (nSPS) is 22.4. The fourth-order valence-electron chi connectivity index (χ4n) is 2.84. The van der Waals surface area contributed by atoms with E-state index in [0.717, 1.165) is 12.0 Å². The second kappa shape index (κ2) is 7.33. The van der Waals surface area contributed by atoms with Crippen LogP contribution in [-0.4, -0.2) is 38.3 Å². The van der Waals surface area contributed by atoms with Crippen molar-refractivity contribution in [3.63, 3.8) is 0 Å². The minimum Gasteiger partial charge on any atom is -0.445 e. The molecule has 1 aliphatic heterocycles. The summed E-state index contributed by atoms with van der Waals surface area (Å²) in [5.74, 6) is -0.0292. The summed E-state index contributed by atoms with van der Waals surface area (Å²) in [5, 5.41) is 0. The number of amides is 1. The van der Waals surface area contributed by atoms with Crippen molar-refractivity contribution in [3.8, 4) is 0 Å². The minimum absolute atomic E-state index is 0.110. The molecule has 2 unspecified atom stereocenters. The number of rotatable bonds is 4. The number of halogens is 1. The fourth-order valence-corrected chi connectivity index (χ4v) is 4.18. The Morgan fingerprint density at radius 2 is 2.00 bits per heavy atom. The summed E-state index contributed by atoms with van der Waals surface area (Å²) in [7, 11) is 1.76. The second-order valence-corrected chi connectivity index (χ2v) is 8.68. The van der Waals surface area contributed by atoms with Crippen LogP contribution < -0.4 is 0 Å². The molecular formula is C15H20ClNO4S. The molecule has 1 fully saturated rings. The molecule has 2 rings (SSSR count). The summed E-state index contributed by atoms with van der Waals surface area (Å²) < 4.78 is 27.7. The number of carbonyl (C=O) groups is 1. The quantitative estimate of drug-likeness (QED) is 0.787. The van der Waals surface area contributed by atoms with Crippen LogP contribution in [0, 0.1) is 11.8 Å². The first-order chi connectivity index (χ1) is 10.3. The SMILES string of the molecule is CC1CC(CS(=O)(=O)Cl)CN(C(=O)OCc2ccccc2)C1. The number of likely N-dealkylation sites (tertiary alicyclic amines) is 1. The number of carbonyl (C=O) groups excluding carboxylic acids is 1. The highest BCUT2D eigenvalue weighted by Crippen LogP contribution is 2.24. The molecule has 0 saturated carbocycles. The average Bonchev–Trinajstić information content (AvgIpc) is 2.43. The summed E-state index contributed by atoms with van der Waals surface area (Å²) in [5.41, 5.74) is 0.917. The zero-order valence-corrected chi connectivity index (χ0v) is 14.0. The largest absolute Gasteiger partial charge is 0.445 e. The Bertz CT molecular complexity index is 605. The third kappa shape index (κ3) is 5.50. The van der Waals surface area contributed by atoms with Gasteiger partial charge in [-0.1, -0.05) is 37.3 Å². The number of ether oxygens (including phenoxy) is 1. The predicted octanol–water partition coefficient (Wildman–Crippen LogP) is 2.85. The van der Waals surface area contributed by atoms with E-state index in [1.54, 1.807) is 4.90 Å². The van der Waals surface area contributed by atoms with Crippen molar-refractivity contribution in [2.75, 3.05) is 18.8 Å². The van der Waals surface area contributed by atoms with E-state index in [9.17, 15) is 13.2 Å². The molecule has 122 valence electrons. The topological polar surface area (TPSA) is 63.7 Å². The average molecular weight is 346 g/mol. The number of hydrogen-bond donors (Lipinski definition) is 0. The van der Waals surface area contributed by atoms with Crippen LogP contribution in [0.4, 0.5) is 4.79 Å². The van der Waals surface area contributed by atoms with Crippen LogP contribution in [0.15, 0.2) is 30.3 Å². The third-order valence-electron chi connectivity index (χ3n) is 3.64. The molecule has 0 N–H and O–H groups in total. The lowest BCUT2D eigenvalue weighted by Crippen LogP contribution is -2.45. The van der Waals surface area contributed by atoms with Gasteiger partial charge in [-0.15, -0.1) is 0 Å². The van der Waals surface area contributed by atoms with Gasteiger partial charge in [0.15, 0.2) is 0 Å². The van der Waals surface area contributed by atoms with Crippen molar-refractivity contribution in [1.82, 2.24) is 4.90 Å². The van der Waals surface area contributed by atoms with Crippen LogP contribution in [0.3, 0.4) is 0 Å². The number of hydrogen-bond acceptors (Lipinski definition) is 4. The van der Waals surface area contributed by atoms with Crippen molar-refractivity contribution < 1.29 is 17.9 Å². The molecule has 1 saturated heterocycles. The van der Waals surface area contributed by atoms with Gasteiger partial charge in [0.1, 0.15) is 6.61 Å². The van der Waals surface area contributed by atoms with Crippen LogP contribution in [0.2, 0.25) is 0 Å². The van der Waals surface area contributed by atoms with Crippen molar-refractivity contribution in [2.45, 2.75) is 20.0 Å². The zero-order chi connectivity index (χ0) is 16.2. The van der Waals surface area contributed by atoms with Gasteiger partial charge in [0.05, 0.1) is 5.75 Å². The molecular weight excluding hydrogens is 326 g/mol. The summed E-state index contributed by atoms with van der Waals surface area (Å²) in [6.45, 7) is 3.14. The lowest BCUT2D eigenvalue weighted by Gasteiger charge is -2.35. The maximum Gasteiger partial charge on any atom is 0.410 e. The Labute approximate surface area is 135 Å². The van der Waals surface area contributed by atoms with Crippen molar-refractivity contribution >= 4 is 25.8 Å². The van der Waals surface area contributed by atoms with Crippen LogP contribution in [0.5, 0.6) is 0 Å². The van der Waals surface area contributed by atoms with Crippen molar-refractivity contribution in [3.05, 3.63) is 35.9 Å². The highest BCUT2D eigenvalue weighted by atomic mass is 35.7. The van der Waals surface area contributed by atoms with Crippen LogP contribution >= 0.6 is 10.7 Å². The van der Waals surface area contributed by atoms with Crippen LogP contribution in [0.1, 0.15) is 18.9 Å². The van der Waals surface area contributed by atoms with E-state index in [1.807, 2.05) is 37.3 Å². The van der Waals surface area contributed by atoms with Crippen molar-refractivity contribution in [1.29, 1.82) is 0 Å². The number of nitrogens with zero attached hydrogens (tertiary/aromatic N) is 1. The zero-order valence-electron chi connectivity index (χ0n) is 12.4. The Morgan fingerprint density at radius 3 is 2.64 bits per heavy atom. The maximum absolute atomic E-state index is 12.1. The first kappa shape index (κ1) is 17.1. The monoisotopic (exact) mass is 345 g/mol. The van der Waals surface area contributed by atoms with Crippen molar-refractivity contribution in [2.24, 2.45) is 11.8 Å². The highest BCUT2D eigenvalue weighted by Gasteiger charge is 2.31. The Morgan fingerprint density at radius 1 is 1.32 bits per heavy atom. The lowest BCUT2D eigenvalue weighted by atomic mass is 9.92. The maximum atomic E-state index is 12.1. The van der Waals surface area contributed by atoms with E-state index in [2.05, 4.69) is 0 Å². The summed E-state index contributed by atoms with van der Waals surface area (Å²) in [4.78, 5) is 13.7. The highest BCUT2D eigenvalue weighted by molar-refractivity contribution is 8.13. The fraction of sp³-hybridized carbons (Fsp3) is 0.533. The van der Waals surface area contributed by atoms with E-state index in [1.165, 1.54) is 0 Å². The predicted molar refractivity (Wildman–Crippen MR) is 85.1 cm³/mol. The molecule has 7 heteroatoms. The second-order valence-electron chi connectivity index (χ2n) is 5.86. The Hall–Kier alpha value is -1.27. The molecule has 0 aromatic heterocycles. The summed E-state index contributed by atoms with van der Waals surface area (Å²) >= 11 is 0. The molecule has 1 heterocycles. The summed E-state index contributed by atoms with van der Waals surface area (Å²) in [6, 6.07) is 9.43. The van der Waals surface area contributed by atoms with Gasteiger partial charge >= 0.3 is 6.09 Å². The van der Waals surface area contributed by atoms with E-state index in [4.69, 9.17) is 15.4 Å². The van der Waals surface area contributed by atoms with Gasteiger partial charge in [0, 0.05) is 23.8 Å².